The summed E-state index contributed by atoms with van der Waals surface area (Å²) in [4.78, 5) is 0. The Morgan fingerprint density at radius 2 is 1.55 bits per heavy atom. The van der Waals surface area contributed by atoms with E-state index in [2.05, 4.69) is 6.58 Å². The zero-order valence-electron chi connectivity index (χ0n) is 6.11. The Labute approximate surface area is 62.9 Å². The molecule has 0 aromatic heterocycles. The molecule has 0 bridgehead atoms. The Bertz CT molecular complexity index is 122. The van der Waals surface area contributed by atoms with Crippen molar-refractivity contribution in [2.24, 2.45) is 11.8 Å². The van der Waals surface area contributed by atoms with Gasteiger partial charge in [0.1, 0.15) is 0 Å². The van der Waals surface area contributed by atoms with Crippen molar-refractivity contribution in [1.29, 1.82) is 0 Å². The standard InChI is InChI=1S/C7H10F4/c1-3-5(7(10)11)4(2)6(8)9/h3-7H,1H2,2H3. The monoisotopic (exact) mass is 170 g/mol. The molecule has 0 nitrogen and oxygen atoms in total. The van der Waals surface area contributed by atoms with E-state index in [0.29, 0.717) is 0 Å². The molecule has 2 unspecified atom stereocenters. The first-order chi connectivity index (χ1) is 5.00. The predicted molar refractivity (Wildman–Crippen MR) is 34.9 cm³/mol. The first-order valence-electron chi connectivity index (χ1n) is 3.19. The van der Waals surface area contributed by atoms with Crippen LogP contribution in [0.25, 0.3) is 0 Å². The molecule has 0 N–H and O–H groups in total. The lowest BCUT2D eigenvalue weighted by molar-refractivity contribution is 0.00178. The lowest BCUT2D eigenvalue weighted by atomic mass is 9.95. The number of hydrogen-bond donors (Lipinski definition) is 0. The van der Waals surface area contributed by atoms with Crippen LogP contribution in [0.15, 0.2) is 12.7 Å². The average Bonchev–Trinajstić information content (AvgIpc) is 1.88. The third-order valence-corrected chi connectivity index (χ3v) is 1.57. The third-order valence-electron chi connectivity index (χ3n) is 1.57. The molecule has 0 radical (unpaired) electrons. The van der Waals surface area contributed by atoms with Crippen LogP contribution in [-0.2, 0) is 0 Å². The molecular formula is C7H10F4. The predicted octanol–water partition coefficient (Wildman–Crippen LogP) is 2.95. The van der Waals surface area contributed by atoms with Gasteiger partial charge in [0.2, 0.25) is 12.9 Å². The van der Waals surface area contributed by atoms with E-state index in [1.165, 1.54) is 0 Å². The molecule has 0 spiro atoms. The van der Waals surface area contributed by atoms with Crippen LogP contribution >= 0.6 is 0 Å². The van der Waals surface area contributed by atoms with Crippen LogP contribution in [0, 0.1) is 11.8 Å². The zero-order chi connectivity index (χ0) is 9.02. The summed E-state index contributed by atoms with van der Waals surface area (Å²) in [7, 11) is 0. The Hall–Kier alpha value is -0.540. The van der Waals surface area contributed by atoms with Crippen molar-refractivity contribution >= 4 is 0 Å². The van der Waals surface area contributed by atoms with Crippen molar-refractivity contribution in [2.75, 3.05) is 0 Å². The minimum atomic E-state index is -2.75. The van der Waals surface area contributed by atoms with Gasteiger partial charge in [-0.2, -0.15) is 0 Å². The van der Waals surface area contributed by atoms with E-state index < -0.39 is 24.7 Å². The van der Waals surface area contributed by atoms with E-state index in [-0.39, 0.29) is 0 Å². The smallest absolute Gasteiger partial charge is 0.210 e. The fraction of sp³-hybridized carbons (Fsp3) is 0.714. The molecule has 0 rings (SSSR count). The highest BCUT2D eigenvalue weighted by Crippen LogP contribution is 2.25. The molecular weight excluding hydrogens is 160 g/mol. The summed E-state index contributed by atoms with van der Waals surface area (Å²) in [6.07, 6.45) is -4.59. The van der Waals surface area contributed by atoms with Crippen LogP contribution in [0.3, 0.4) is 0 Å². The molecule has 0 aliphatic carbocycles. The summed E-state index contributed by atoms with van der Waals surface area (Å²) < 4.78 is 47.5. The maximum atomic E-state index is 11.9. The average molecular weight is 170 g/mol. The second-order valence-corrected chi connectivity index (χ2v) is 2.34. The summed E-state index contributed by atoms with van der Waals surface area (Å²) in [5.74, 6) is -2.73. The van der Waals surface area contributed by atoms with Crippen LogP contribution in [0.5, 0.6) is 0 Å². The second-order valence-electron chi connectivity index (χ2n) is 2.34. The second kappa shape index (κ2) is 4.36. The SMILES string of the molecule is C=CC(C(F)F)C(C)C(F)F. The Morgan fingerprint density at radius 1 is 1.09 bits per heavy atom. The fourth-order valence-electron chi connectivity index (χ4n) is 0.715. The van der Waals surface area contributed by atoms with Crippen molar-refractivity contribution in [3.05, 3.63) is 12.7 Å². The molecule has 0 heterocycles. The lowest BCUT2D eigenvalue weighted by Gasteiger charge is -2.18. The normalized spacial score (nSPS) is 17.0. The fourth-order valence-corrected chi connectivity index (χ4v) is 0.715. The van der Waals surface area contributed by atoms with Gasteiger partial charge < -0.3 is 0 Å². The quantitative estimate of drug-likeness (QED) is 0.449. The zero-order valence-corrected chi connectivity index (χ0v) is 6.11. The molecule has 2 atom stereocenters. The van der Waals surface area contributed by atoms with Gasteiger partial charge in [-0.15, -0.1) is 6.58 Å². The molecule has 0 aliphatic rings. The summed E-state index contributed by atoms with van der Waals surface area (Å²) in [5, 5.41) is 0. The number of hydrogen-bond acceptors (Lipinski definition) is 0. The number of halogens is 4. The number of rotatable bonds is 4. The van der Waals surface area contributed by atoms with Gasteiger partial charge in [0.15, 0.2) is 0 Å². The van der Waals surface area contributed by atoms with E-state index in [4.69, 9.17) is 0 Å². The van der Waals surface area contributed by atoms with Crippen molar-refractivity contribution in [3.8, 4) is 0 Å². The van der Waals surface area contributed by atoms with Gasteiger partial charge >= 0.3 is 0 Å². The molecule has 0 aromatic carbocycles. The van der Waals surface area contributed by atoms with Crippen LogP contribution in [0.2, 0.25) is 0 Å². The molecule has 0 aromatic rings. The van der Waals surface area contributed by atoms with Crippen LogP contribution in [0.1, 0.15) is 6.92 Å². The highest BCUT2D eigenvalue weighted by molar-refractivity contribution is 4.85. The van der Waals surface area contributed by atoms with Crippen LogP contribution < -0.4 is 0 Å². The van der Waals surface area contributed by atoms with E-state index in [1.807, 2.05) is 0 Å². The van der Waals surface area contributed by atoms with Crippen molar-refractivity contribution in [3.63, 3.8) is 0 Å². The topological polar surface area (TPSA) is 0 Å². The number of allylic oxidation sites excluding steroid dienone is 1. The first kappa shape index (κ1) is 10.5. The Balaban J connectivity index is 4.13. The molecule has 0 amide bonds. The van der Waals surface area contributed by atoms with Gasteiger partial charge in [-0.05, 0) is 0 Å². The Morgan fingerprint density at radius 3 is 1.64 bits per heavy atom. The van der Waals surface area contributed by atoms with Crippen molar-refractivity contribution in [1.82, 2.24) is 0 Å². The van der Waals surface area contributed by atoms with Crippen molar-refractivity contribution in [2.45, 2.75) is 19.8 Å². The van der Waals surface area contributed by atoms with E-state index in [1.54, 1.807) is 0 Å². The maximum Gasteiger partial charge on any atom is 0.245 e. The van der Waals surface area contributed by atoms with E-state index >= 15 is 0 Å². The van der Waals surface area contributed by atoms with Crippen LogP contribution in [-0.4, -0.2) is 12.9 Å². The third kappa shape index (κ3) is 2.91. The van der Waals surface area contributed by atoms with E-state index in [9.17, 15) is 17.6 Å². The summed E-state index contributed by atoms with van der Waals surface area (Å²) in [6, 6.07) is 0. The van der Waals surface area contributed by atoms with Gasteiger partial charge in [0.25, 0.3) is 0 Å². The van der Waals surface area contributed by atoms with Gasteiger partial charge in [0.05, 0.1) is 0 Å². The number of alkyl halides is 4. The Kier molecular flexibility index (Phi) is 4.15. The van der Waals surface area contributed by atoms with Crippen LogP contribution in [0.4, 0.5) is 17.6 Å². The van der Waals surface area contributed by atoms with Crippen molar-refractivity contribution < 1.29 is 17.6 Å². The maximum absolute atomic E-state index is 11.9. The van der Waals surface area contributed by atoms with E-state index in [0.717, 1.165) is 13.0 Å². The highest BCUT2D eigenvalue weighted by Gasteiger charge is 2.29. The lowest BCUT2D eigenvalue weighted by Crippen LogP contribution is -2.23. The summed E-state index contributed by atoms with van der Waals surface area (Å²) >= 11 is 0. The molecule has 66 valence electrons. The molecule has 0 saturated heterocycles. The van der Waals surface area contributed by atoms with Gasteiger partial charge in [0, 0.05) is 11.8 Å². The molecule has 0 saturated carbocycles. The van der Waals surface area contributed by atoms with Gasteiger partial charge in [-0.3, -0.25) is 0 Å². The largest absolute Gasteiger partial charge is 0.245 e. The first-order valence-corrected chi connectivity index (χ1v) is 3.19. The summed E-state index contributed by atoms with van der Waals surface area (Å²) in [5.41, 5.74) is 0. The highest BCUT2D eigenvalue weighted by atomic mass is 19.3. The molecule has 0 fully saturated rings. The molecule has 4 heteroatoms. The minimum absolute atomic E-state index is 0.876. The molecule has 11 heavy (non-hydrogen) atoms. The minimum Gasteiger partial charge on any atom is -0.210 e. The van der Waals surface area contributed by atoms with Gasteiger partial charge in [-0.1, -0.05) is 13.0 Å². The summed E-state index contributed by atoms with van der Waals surface area (Å²) in [6.45, 7) is 4.16. The molecule has 0 aliphatic heterocycles. The van der Waals surface area contributed by atoms with Gasteiger partial charge in [-0.25, -0.2) is 17.6 Å².